The number of H-pyrrole nitrogens is 2. The maximum absolute atomic E-state index is 4.93. The van der Waals surface area contributed by atoms with E-state index in [0.29, 0.717) is 12.4 Å². The number of pyridine rings is 2. The van der Waals surface area contributed by atoms with Gasteiger partial charge in [0.15, 0.2) is 5.82 Å². The van der Waals surface area contributed by atoms with Crippen LogP contribution in [0.1, 0.15) is 18.2 Å². The predicted molar refractivity (Wildman–Crippen MR) is 160 cm³/mol. The molecule has 5 aromatic heterocycles. The van der Waals surface area contributed by atoms with Gasteiger partial charge in [-0.1, -0.05) is 49.1 Å². The number of nitrogens with one attached hydrogen (secondary N) is 3. The smallest absolute Gasteiger partial charge is 0.159 e. The second-order valence-corrected chi connectivity index (χ2v) is 9.90. The summed E-state index contributed by atoms with van der Waals surface area (Å²) in [6.07, 6.45) is 11.6. The van der Waals surface area contributed by atoms with E-state index in [2.05, 4.69) is 91.4 Å². The van der Waals surface area contributed by atoms with Gasteiger partial charge in [-0.3, -0.25) is 15.1 Å². The van der Waals surface area contributed by atoms with Crippen LogP contribution in [0.25, 0.3) is 50.2 Å². The fourth-order valence-corrected chi connectivity index (χ4v) is 5.22. The molecule has 0 fully saturated rings. The number of allylic oxidation sites excluding steroid dienone is 3. The molecule has 1 aromatic carbocycles. The highest BCUT2D eigenvalue weighted by Crippen LogP contribution is 2.32. The number of rotatable bonds is 9. The van der Waals surface area contributed by atoms with Gasteiger partial charge in [0.1, 0.15) is 11.2 Å². The Morgan fingerprint density at radius 1 is 1.10 bits per heavy atom. The van der Waals surface area contributed by atoms with Gasteiger partial charge in [-0.15, -0.1) is 0 Å². The van der Waals surface area contributed by atoms with Crippen LogP contribution in [0, 0.1) is 0 Å². The van der Waals surface area contributed by atoms with Crippen LogP contribution in [-0.4, -0.2) is 36.7 Å². The summed E-state index contributed by atoms with van der Waals surface area (Å²) >= 11 is 1.65. The molecule has 0 aliphatic carbocycles. The van der Waals surface area contributed by atoms with Gasteiger partial charge < -0.3 is 10.3 Å². The van der Waals surface area contributed by atoms with Gasteiger partial charge in [-0.25, -0.2) is 4.98 Å². The topological polar surface area (TPSA) is 95.2 Å². The molecule has 6 aromatic rings. The summed E-state index contributed by atoms with van der Waals surface area (Å²) < 4.78 is 0. The quantitative estimate of drug-likeness (QED) is 0.177. The molecule has 7 nitrogen and oxygen atoms in total. The Morgan fingerprint density at radius 2 is 2.00 bits per heavy atom. The molecular formula is C31H27N7S. The van der Waals surface area contributed by atoms with Gasteiger partial charge in [-0.05, 0) is 58.2 Å². The van der Waals surface area contributed by atoms with E-state index in [0.717, 1.165) is 62.1 Å². The van der Waals surface area contributed by atoms with Crippen LogP contribution in [0.15, 0.2) is 102 Å². The second kappa shape index (κ2) is 11.0. The number of thiophene rings is 1. The average molecular weight is 530 g/mol. The number of aromatic amines is 2. The number of hydrogen-bond acceptors (Lipinski definition) is 6. The number of nitrogens with zero attached hydrogens (tertiary/aromatic N) is 4. The lowest BCUT2D eigenvalue weighted by Crippen LogP contribution is -2.16. The first-order valence-corrected chi connectivity index (χ1v) is 13.6. The maximum atomic E-state index is 4.93. The Balaban J connectivity index is 1.30. The number of benzene rings is 1. The van der Waals surface area contributed by atoms with Crippen molar-refractivity contribution in [2.24, 2.45) is 0 Å². The van der Waals surface area contributed by atoms with E-state index >= 15 is 0 Å². The maximum Gasteiger partial charge on any atom is 0.159 e. The molecule has 0 saturated heterocycles. The van der Waals surface area contributed by atoms with Crippen molar-refractivity contribution in [1.82, 2.24) is 35.5 Å². The van der Waals surface area contributed by atoms with Gasteiger partial charge in [0.2, 0.25) is 0 Å². The highest BCUT2D eigenvalue weighted by atomic mass is 32.1. The van der Waals surface area contributed by atoms with Crippen LogP contribution in [-0.2, 0) is 6.54 Å². The van der Waals surface area contributed by atoms with Crippen molar-refractivity contribution in [3.8, 4) is 22.6 Å². The molecular weight excluding hydrogens is 502 g/mol. The zero-order chi connectivity index (χ0) is 26.6. The Labute approximate surface area is 230 Å². The van der Waals surface area contributed by atoms with Crippen molar-refractivity contribution in [3.05, 3.63) is 113 Å². The summed E-state index contributed by atoms with van der Waals surface area (Å²) in [5.74, 6) is 0.687. The molecule has 0 aliphatic heterocycles. The molecule has 0 atom stereocenters. The van der Waals surface area contributed by atoms with Crippen LogP contribution in [0.4, 0.5) is 0 Å². The summed E-state index contributed by atoms with van der Waals surface area (Å²) in [6.45, 7) is 7.54. The largest absolute Gasteiger partial charge is 0.335 e. The minimum absolute atomic E-state index is 0.687. The summed E-state index contributed by atoms with van der Waals surface area (Å²) in [4.78, 5) is 17.5. The fraction of sp³-hybridized carbons (Fsp3) is 0.0968. The van der Waals surface area contributed by atoms with E-state index in [9.17, 15) is 0 Å². The number of hydrogen-bond donors (Lipinski definition) is 3. The Kier molecular flexibility index (Phi) is 6.95. The Morgan fingerprint density at radius 3 is 2.79 bits per heavy atom. The van der Waals surface area contributed by atoms with Crippen molar-refractivity contribution in [2.45, 2.75) is 13.5 Å². The van der Waals surface area contributed by atoms with Crippen LogP contribution >= 0.6 is 11.3 Å². The lowest BCUT2D eigenvalue weighted by atomic mass is 10.1. The van der Waals surface area contributed by atoms with E-state index in [4.69, 9.17) is 9.97 Å². The Bertz CT molecular complexity index is 1810. The van der Waals surface area contributed by atoms with Crippen molar-refractivity contribution in [1.29, 1.82) is 0 Å². The first kappa shape index (κ1) is 24.7. The molecule has 0 saturated carbocycles. The van der Waals surface area contributed by atoms with Gasteiger partial charge in [0, 0.05) is 30.2 Å². The second-order valence-electron chi connectivity index (χ2n) is 9.12. The first-order valence-electron chi connectivity index (χ1n) is 12.7. The average Bonchev–Trinajstić information content (AvgIpc) is 3.74. The molecule has 6 rings (SSSR count). The monoisotopic (exact) mass is 529 g/mol. The molecule has 3 N–H and O–H groups in total. The van der Waals surface area contributed by atoms with Crippen molar-refractivity contribution in [2.75, 3.05) is 6.54 Å². The minimum atomic E-state index is 0.687. The summed E-state index contributed by atoms with van der Waals surface area (Å²) in [7, 11) is 0. The van der Waals surface area contributed by atoms with E-state index in [1.165, 1.54) is 5.56 Å². The van der Waals surface area contributed by atoms with Crippen LogP contribution in [0.3, 0.4) is 0 Å². The van der Waals surface area contributed by atoms with Crippen molar-refractivity contribution >= 4 is 38.8 Å². The molecule has 8 heteroatoms. The number of imidazole rings is 1. The molecule has 0 aliphatic rings. The summed E-state index contributed by atoms with van der Waals surface area (Å²) in [6, 6.07) is 14.5. The third-order valence-corrected chi connectivity index (χ3v) is 7.29. The minimum Gasteiger partial charge on any atom is -0.335 e. The molecule has 0 spiro atoms. The standard InChI is InChI=1S/C31H27N7S/c1-3-20(14-32-15-21-8-6-5-7-9-21)12-22(4-2)26-13-24-27(18-34-26)37-38-30(24)31-35-28-17-33-16-25(29(28)36-31)23-10-11-39-19-23/h3-13,16-19,32H,1,14-15H2,2H3,(H,35,36)(H,37,38)/b20-12+,22-4+. The van der Waals surface area contributed by atoms with E-state index in [-0.39, 0.29) is 0 Å². The molecule has 0 bridgehead atoms. The van der Waals surface area contributed by atoms with E-state index in [1.54, 1.807) is 17.5 Å². The normalized spacial score (nSPS) is 12.4. The van der Waals surface area contributed by atoms with E-state index < -0.39 is 0 Å². The van der Waals surface area contributed by atoms with Gasteiger partial charge in [-0.2, -0.15) is 16.4 Å². The summed E-state index contributed by atoms with van der Waals surface area (Å²) in [5, 5.41) is 16.3. The SMILES string of the molecule is C=C/C(=C\C(=C/C)c1cc2c(-c3nc4c(-c5ccsc5)cncc4[nH]3)n[nH]c2cn1)CNCc1ccccc1. The summed E-state index contributed by atoms with van der Waals surface area (Å²) in [5.41, 5.74) is 9.63. The molecule has 39 heavy (non-hydrogen) atoms. The Hall–Kier alpha value is -4.66. The molecule has 0 radical (unpaired) electrons. The molecule has 192 valence electrons. The highest BCUT2D eigenvalue weighted by molar-refractivity contribution is 7.08. The third-order valence-electron chi connectivity index (χ3n) is 6.61. The lowest BCUT2D eigenvalue weighted by Gasteiger charge is -2.08. The van der Waals surface area contributed by atoms with Crippen LogP contribution in [0.5, 0.6) is 0 Å². The lowest BCUT2D eigenvalue weighted by molar-refractivity contribution is 0.747. The zero-order valence-electron chi connectivity index (χ0n) is 21.5. The first-order chi connectivity index (χ1) is 19.2. The molecule has 5 heterocycles. The van der Waals surface area contributed by atoms with Gasteiger partial charge in [0.25, 0.3) is 0 Å². The molecule has 0 amide bonds. The number of fused-ring (bicyclic) bond motifs is 2. The van der Waals surface area contributed by atoms with Gasteiger partial charge >= 0.3 is 0 Å². The number of aromatic nitrogens is 6. The molecule has 0 unspecified atom stereocenters. The van der Waals surface area contributed by atoms with Crippen molar-refractivity contribution < 1.29 is 0 Å². The van der Waals surface area contributed by atoms with Gasteiger partial charge in [0.05, 0.1) is 29.1 Å². The van der Waals surface area contributed by atoms with Crippen molar-refractivity contribution in [3.63, 3.8) is 0 Å². The zero-order valence-corrected chi connectivity index (χ0v) is 22.3. The van der Waals surface area contributed by atoms with E-state index in [1.807, 2.05) is 31.5 Å². The fourth-order valence-electron chi connectivity index (χ4n) is 4.56. The third kappa shape index (κ3) is 5.07. The van der Waals surface area contributed by atoms with Crippen LogP contribution < -0.4 is 5.32 Å². The van der Waals surface area contributed by atoms with Crippen LogP contribution in [0.2, 0.25) is 0 Å². The highest BCUT2D eigenvalue weighted by Gasteiger charge is 2.17. The predicted octanol–water partition coefficient (Wildman–Crippen LogP) is 6.93.